The largest absolute Gasteiger partial charge is 0.381 e. The van der Waals surface area contributed by atoms with Crippen LogP contribution in [0.2, 0.25) is 0 Å². The molecule has 4 heteroatoms. The fourth-order valence-corrected chi connectivity index (χ4v) is 2.65. The number of aldehydes is 1. The molecule has 1 heterocycles. The molecular formula is C13H12BrNO2. The minimum atomic E-state index is -0.514. The highest BCUT2D eigenvalue weighted by Crippen LogP contribution is 2.35. The summed E-state index contributed by atoms with van der Waals surface area (Å²) in [6.45, 7) is 1.19. The summed E-state index contributed by atoms with van der Waals surface area (Å²) in [7, 11) is 0. The average molecular weight is 294 g/mol. The maximum atomic E-state index is 10.9. The SMILES string of the molecule is N#CC1(c2cc(Br)cc(C=O)c2)CCOCC1. The number of hydrogen-bond donors (Lipinski definition) is 0. The predicted octanol–water partition coefficient (Wildman–Crippen LogP) is 2.83. The lowest BCUT2D eigenvalue weighted by atomic mass is 9.75. The Kier molecular flexibility index (Phi) is 3.60. The van der Waals surface area contributed by atoms with E-state index in [1.165, 1.54) is 0 Å². The summed E-state index contributed by atoms with van der Waals surface area (Å²) < 4.78 is 6.13. The number of carbonyl (C=O) groups excluding carboxylic acids is 1. The minimum absolute atomic E-state index is 0.514. The maximum Gasteiger partial charge on any atom is 0.150 e. The fraction of sp³-hybridized carbons (Fsp3) is 0.385. The Labute approximate surface area is 109 Å². The molecule has 1 fully saturated rings. The standard InChI is InChI=1S/C13H12BrNO2/c14-12-6-10(8-16)5-11(7-12)13(9-15)1-3-17-4-2-13/h5-8H,1-4H2. The lowest BCUT2D eigenvalue weighted by Gasteiger charge is -2.31. The molecule has 0 N–H and O–H groups in total. The van der Waals surface area contributed by atoms with E-state index in [4.69, 9.17) is 4.74 Å². The van der Waals surface area contributed by atoms with E-state index in [-0.39, 0.29) is 0 Å². The van der Waals surface area contributed by atoms with Crippen LogP contribution in [0.25, 0.3) is 0 Å². The number of halogens is 1. The van der Waals surface area contributed by atoms with Crippen molar-refractivity contribution >= 4 is 22.2 Å². The van der Waals surface area contributed by atoms with E-state index in [1.54, 1.807) is 12.1 Å². The molecule has 3 nitrogen and oxygen atoms in total. The molecule has 0 aromatic heterocycles. The van der Waals surface area contributed by atoms with E-state index in [0.717, 1.165) is 16.3 Å². The summed E-state index contributed by atoms with van der Waals surface area (Å²) in [5, 5.41) is 9.44. The van der Waals surface area contributed by atoms with Crippen LogP contribution in [0.15, 0.2) is 22.7 Å². The number of nitrogens with zero attached hydrogens (tertiary/aromatic N) is 1. The number of carbonyl (C=O) groups is 1. The molecule has 17 heavy (non-hydrogen) atoms. The van der Waals surface area contributed by atoms with Crippen LogP contribution in [-0.2, 0) is 10.2 Å². The van der Waals surface area contributed by atoms with Gasteiger partial charge >= 0.3 is 0 Å². The van der Waals surface area contributed by atoms with E-state index in [9.17, 15) is 10.1 Å². The molecule has 0 amide bonds. The molecule has 1 aromatic carbocycles. The molecule has 0 spiro atoms. The Morgan fingerprint density at radius 2 is 2.06 bits per heavy atom. The van der Waals surface area contributed by atoms with Crippen molar-refractivity contribution in [2.24, 2.45) is 0 Å². The Bertz CT molecular complexity index is 473. The number of hydrogen-bond acceptors (Lipinski definition) is 3. The summed E-state index contributed by atoms with van der Waals surface area (Å²) in [4.78, 5) is 10.9. The van der Waals surface area contributed by atoms with Crippen molar-refractivity contribution in [1.82, 2.24) is 0 Å². The summed E-state index contributed by atoms with van der Waals surface area (Å²) in [5.74, 6) is 0. The highest BCUT2D eigenvalue weighted by Gasteiger charge is 2.35. The van der Waals surface area contributed by atoms with E-state index >= 15 is 0 Å². The predicted molar refractivity (Wildman–Crippen MR) is 66.9 cm³/mol. The molecule has 1 aliphatic heterocycles. The molecule has 1 aromatic rings. The van der Waals surface area contributed by atoms with E-state index < -0.39 is 5.41 Å². The van der Waals surface area contributed by atoms with Gasteiger partial charge in [0.05, 0.1) is 11.5 Å². The molecule has 0 aliphatic carbocycles. The molecule has 0 unspecified atom stereocenters. The van der Waals surface area contributed by atoms with Crippen molar-refractivity contribution < 1.29 is 9.53 Å². The Morgan fingerprint density at radius 1 is 1.35 bits per heavy atom. The van der Waals surface area contributed by atoms with Crippen LogP contribution in [0.4, 0.5) is 0 Å². The Hall–Kier alpha value is -1.18. The average Bonchev–Trinajstić information content (AvgIpc) is 2.38. The van der Waals surface area contributed by atoms with Crippen LogP contribution in [0, 0.1) is 11.3 Å². The van der Waals surface area contributed by atoms with Crippen LogP contribution in [-0.4, -0.2) is 19.5 Å². The first-order valence-electron chi connectivity index (χ1n) is 5.45. The number of nitriles is 1. The molecule has 0 atom stereocenters. The van der Waals surface area contributed by atoms with E-state index in [0.29, 0.717) is 31.6 Å². The normalized spacial score (nSPS) is 18.4. The van der Waals surface area contributed by atoms with Crippen molar-refractivity contribution in [1.29, 1.82) is 5.26 Å². The monoisotopic (exact) mass is 293 g/mol. The first-order valence-corrected chi connectivity index (χ1v) is 6.25. The smallest absolute Gasteiger partial charge is 0.150 e. The van der Waals surface area contributed by atoms with Gasteiger partial charge in [0.15, 0.2) is 0 Å². The van der Waals surface area contributed by atoms with Gasteiger partial charge in [0, 0.05) is 23.2 Å². The molecule has 0 radical (unpaired) electrons. The number of benzene rings is 1. The lowest BCUT2D eigenvalue weighted by molar-refractivity contribution is 0.0675. The molecule has 1 saturated heterocycles. The quantitative estimate of drug-likeness (QED) is 0.788. The summed E-state index contributed by atoms with van der Waals surface area (Å²) in [6, 6.07) is 7.86. The molecular weight excluding hydrogens is 282 g/mol. The minimum Gasteiger partial charge on any atom is -0.381 e. The van der Waals surface area contributed by atoms with Gasteiger partial charge in [-0.15, -0.1) is 0 Å². The van der Waals surface area contributed by atoms with Gasteiger partial charge in [-0.3, -0.25) is 4.79 Å². The van der Waals surface area contributed by atoms with Crippen LogP contribution in [0.1, 0.15) is 28.8 Å². The van der Waals surface area contributed by atoms with E-state index in [1.807, 2.05) is 6.07 Å². The van der Waals surface area contributed by atoms with Crippen molar-refractivity contribution in [3.05, 3.63) is 33.8 Å². The van der Waals surface area contributed by atoms with Gasteiger partial charge in [0.2, 0.25) is 0 Å². The third kappa shape index (κ3) is 2.41. The third-order valence-electron chi connectivity index (χ3n) is 3.17. The van der Waals surface area contributed by atoms with Gasteiger partial charge < -0.3 is 4.74 Å². The number of rotatable bonds is 2. The first-order chi connectivity index (χ1) is 8.20. The Balaban J connectivity index is 2.46. The van der Waals surface area contributed by atoms with Gasteiger partial charge in [-0.25, -0.2) is 0 Å². The van der Waals surface area contributed by atoms with Crippen LogP contribution < -0.4 is 0 Å². The highest BCUT2D eigenvalue weighted by atomic mass is 79.9. The molecule has 0 saturated carbocycles. The second-order valence-corrected chi connectivity index (χ2v) is 5.11. The summed E-state index contributed by atoms with van der Waals surface area (Å²) >= 11 is 3.37. The maximum absolute atomic E-state index is 10.9. The summed E-state index contributed by atoms with van der Waals surface area (Å²) in [5.41, 5.74) is 0.982. The highest BCUT2D eigenvalue weighted by molar-refractivity contribution is 9.10. The van der Waals surface area contributed by atoms with Gasteiger partial charge in [-0.2, -0.15) is 5.26 Å². The molecule has 88 valence electrons. The van der Waals surface area contributed by atoms with Gasteiger partial charge in [0.25, 0.3) is 0 Å². The van der Waals surface area contributed by atoms with Crippen molar-refractivity contribution in [3.63, 3.8) is 0 Å². The molecule has 2 rings (SSSR count). The van der Waals surface area contributed by atoms with Gasteiger partial charge in [-0.1, -0.05) is 15.9 Å². The molecule has 0 bridgehead atoms. The lowest BCUT2D eigenvalue weighted by Crippen LogP contribution is -2.32. The van der Waals surface area contributed by atoms with E-state index in [2.05, 4.69) is 22.0 Å². The van der Waals surface area contributed by atoms with Crippen LogP contribution in [0.3, 0.4) is 0 Å². The second kappa shape index (κ2) is 4.99. The Morgan fingerprint density at radius 3 is 2.65 bits per heavy atom. The number of ether oxygens (including phenoxy) is 1. The second-order valence-electron chi connectivity index (χ2n) is 4.20. The zero-order valence-corrected chi connectivity index (χ0v) is 10.9. The first kappa shape index (κ1) is 12.3. The summed E-state index contributed by atoms with van der Waals surface area (Å²) in [6.07, 6.45) is 2.16. The van der Waals surface area contributed by atoms with Crippen molar-refractivity contribution in [3.8, 4) is 6.07 Å². The van der Waals surface area contributed by atoms with Crippen molar-refractivity contribution in [2.45, 2.75) is 18.3 Å². The third-order valence-corrected chi connectivity index (χ3v) is 3.63. The van der Waals surface area contributed by atoms with Crippen molar-refractivity contribution in [2.75, 3.05) is 13.2 Å². The fourth-order valence-electron chi connectivity index (χ4n) is 2.14. The topological polar surface area (TPSA) is 50.1 Å². The van der Waals surface area contributed by atoms with Crippen LogP contribution >= 0.6 is 15.9 Å². The van der Waals surface area contributed by atoms with Crippen LogP contribution in [0.5, 0.6) is 0 Å². The zero-order chi connectivity index (χ0) is 12.3. The van der Waals surface area contributed by atoms with Gasteiger partial charge in [-0.05, 0) is 36.6 Å². The van der Waals surface area contributed by atoms with Gasteiger partial charge in [0.1, 0.15) is 6.29 Å². The zero-order valence-electron chi connectivity index (χ0n) is 9.28. The molecule has 1 aliphatic rings.